The summed E-state index contributed by atoms with van der Waals surface area (Å²) < 4.78 is 46.7. The van der Waals surface area contributed by atoms with E-state index < -0.39 is 11.7 Å². The summed E-state index contributed by atoms with van der Waals surface area (Å²) in [6.45, 7) is 8.93. The normalized spacial score (nSPS) is 11.9. The SMILES string of the molecule is CC(C)(C)c1ccc(-c2ccc3c(c2)c2ccccc2n3-c2ccc(-c3c4ccccc4c(-c4ccccc4)c4ccccc34)cc2)cc1.Cc1ccc(-c2ccc3c(c2)c2ccccc2n3-c2ccc(-c3c4ccccc4c(-c4ccccc4)c4ccccc34)cc2)cc1.FC(F)(F)c1ccc(-c2ccc3c(c2)c2ccccc2n3-c2ccc(-c3c4ccccc4c(-c4ccccc4)c4ccccc34)cc2)cc1. The van der Waals surface area contributed by atoms with Crippen LogP contribution < -0.4 is 0 Å². The Morgan fingerprint density at radius 3 is 0.562 bits per heavy atom. The van der Waals surface area contributed by atoms with E-state index in [2.05, 4.69) is 509 Å². The van der Waals surface area contributed by atoms with Gasteiger partial charge in [0.05, 0.1) is 38.7 Å². The summed E-state index contributed by atoms with van der Waals surface area (Å²) in [6.07, 6.45) is -4.36. The van der Waals surface area contributed by atoms with E-state index in [1.54, 1.807) is 12.1 Å². The van der Waals surface area contributed by atoms with Gasteiger partial charge in [-0.1, -0.05) is 433 Å². The lowest BCUT2D eigenvalue weighted by Crippen LogP contribution is -2.10. The molecule has 3 nitrogen and oxygen atoms in total. The second kappa shape index (κ2) is 36.0. The summed E-state index contributed by atoms with van der Waals surface area (Å²) in [5.41, 5.74) is 33.9. The number of fused-ring (bicyclic) bond motifs is 15. The van der Waals surface area contributed by atoms with Crippen molar-refractivity contribution in [3.05, 3.63) is 526 Å². The highest BCUT2D eigenvalue weighted by Gasteiger charge is 2.31. The van der Waals surface area contributed by atoms with Crippen LogP contribution in [0.15, 0.2) is 510 Å². The highest BCUT2D eigenvalue weighted by molar-refractivity contribution is 6.25. The van der Waals surface area contributed by atoms with Gasteiger partial charge < -0.3 is 13.7 Å². The number of para-hydroxylation sites is 3. The lowest BCUT2D eigenvalue weighted by Gasteiger charge is -2.19. The first-order chi connectivity index (χ1) is 70.6. The molecule has 27 aromatic rings. The Morgan fingerprint density at radius 2 is 0.333 bits per heavy atom. The van der Waals surface area contributed by atoms with Crippen molar-refractivity contribution in [2.75, 3.05) is 0 Å². The molecule has 6 heteroatoms. The minimum atomic E-state index is -4.36. The van der Waals surface area contributed by atoms with E-state index in [9.17, 15) is 13.2 Å². The van der Waals surface area contributed by atoms with Gasteiger partial charge >= 0.3 is 6.18 Å². The van der Waals surface area contributed by atoms with Crippen molar-refractivity contribution in [1.82, 2.24) is 13.7 Å². The van der Waals surface area contributed by atoms with Crippen LogP contribution in [0.5, 0.6) is 0 Å². The molecule has 0 aliphatic heterocycles. The predicted octanol–water partition coefficient (Wildman–Crippen LogP) is 38.9. The minimum Gasteiger partial charge on any atom is -0.309 e. The quantitative estimate of drug-likeness (QED) is 0.108. The standard InChI is InChI=1S/C48H37N.C45H28F3N.C45H31N/c1-48(2,3)36-26-21-32(22-27-36)35-25-30-45-43(31-35)38-15-11-12-20-44(38)49(45)37-28-23-34(24-29-37)47-41-18-9-7-16-39(41)46(33-13-5-4-6-14-33)40-17-8-10-19-42(40)47;46-45(47,48)33-23-18-29(19-24-33)32-22-27-42-40(28-32)35-12-8-9-17-41(35)49(42)34-25-20-31(21-26-34)44-38-15-6-4-13-36(38)43(30-10-2-1-3-11-30)37-14-5-7-16-39(37)44;1-30-19-21-31(22-20-30)34-25-28-43-41(29-34)36-13-9-10-18-42(36)46(43)35-26-23-33(24-27-35)45-39-16-7-5-14-37(39)44(32-11-3-2-4-12-32)38-15-6-8-17-40(38)45/h4-31H,1-3H3;1-28H;2-29H,1H3. The van der Waals surface area contributed by atoms with Crippen molar-refractivity contribution in [1.29, 1.82) is 0 Å². The second-order valence-corrected chi connectivity index (χ2v) is 38.8. The summed E-state index contributed by atoms with van der Waals surface area (Å²) in [6, 6.07) is 181. The van der Waals surface area contributed by atoms with E-state index in [1.807, 2.05) is 18.2 Å². The molecular formula is C138H96F3N3. The van der Waals surface area contributed by atoms with E-state index in [4.69, 9.17) is 0 Å². The number of hydrogen-bond donors (Lipinski definition) is 0. The summed E-state index contributed by atoms with van der Waals surface area (Å²) in [4.78, 5) is 0. The first-order valence-corrected chi connectivity index (χ1v) is 49.4. The average Bonchev–Trinajstić information content (AvgIpc) is 1.73. The van der Waals surface area contributed by atoms with Crippen LogP contribution in [-0.4, -0.2) is 13.7 Å². The number of alkyl halides is 3. The molecule has 3 heterocycles. The molecule has 0 fully saturated rings. The monoisotopic (exact) mass is 1850 g/mol. The molecule has 0 aliphatic rings. The van der Waals surface area contributed by atoms with Gasteiger partial charge in [0.25, 0.3) is 0 Å². The number of halogens is 3. The van der Waals surface area contributed by atoms with Crippen molar-refractivity contribution in [2.24, 2.45) is 0 Å². The van der Waals surface area contributed by atoms with Gasteiger partial charge in [-0.25, -0.2) is 0 Å². The molecule has 0 atom stereocenters. The molecule has 0 saturated heterocycles. The first kappa shape index (κ1) is 87.5. The van der Waals surface area contributed by atoms with Gasteiger partial charge in [-0.15, -0.1) is 0 Å². The molecule has 24 aromatic carbocycles. The zero-order valence-electron chi connectivity index (χ0n) is 80.0. The number of hydrogen-bond acceptors (Lipinski definition) is 0. The number of aryl methyl sites for hydroxylation is 1. The van der Waals surface area contributed by atoms with Crippen LogP contribution in [0.4, 0.5) is 13.2 Å². The highest BCUT2D eigenvalue weighted by Crippen LogP contribution is 2.51. The summed E-state index contributed by atoms with van der Waals surface area (Å²) in [5.74, 6) is 0. The van der Waals surface area contributed by atoms with Gasteiger partial charge in [-0.05, 0) is 286 Å². The second-order valence-electron chi connectivity index (χ2n) is 38.8. The Bertz CT molecular complexity index is 9100. The van der Waals surface area contributed by atoms with Gasteiger partial charge in [0.2, 0.25) is 0 Å². The fourth-order valence-electron chi connectivity index (χ4n) is 22.4. The molecule has 0 radical (unpaired) electrons. The van der Waals surface area contributed by atoms with E-state index >= 15 is 0 Å². The largest absolute Gasteiger partial charge is 0.416 e. The number of rotatable bonds is 12. The fourth-order valence-corrected chi connectivity index (χ4v) is 22.4. The smallest absolute Gasteiger partial charge is 0.309 e. The lowest BCUT2D eigenvalue weighted by molar-refractivity contribution is -0.137. The molecular weight excluding hydrogens is 1760 g/mol. The molecule has 0 aliphatic carbocycles. The predicted molar refractivity (Wildman–Crippen MR) is 605 cm³/mol. The molecule has 0 N–H and O–H groups in total. The third kappa shape index (κ3) is 15.5. The molecule has 3 aromatic heterocycles. The van der Waals surface area contributed by atoms with Gasteiger partial charge in [-0.3, -0.25) is 0 Å². The van der Waals surface area contributed by atoms with Crippen LogP contribution in [0.2, 0.25) is 0 Å². The van der Waals surface area contributed by atoms with Crippen LogP contribution in [0.25, 0.3) is 247 Å². The molecule has 0 bridgehead atoms. The van der Waals surface area contributed by atoms with Crippen LogP contribution in [0.1, 0.15) is 37.5 Å². The maximum absolute atomic E-state index is 13.2. The number of benzene rings is 24. The van der Waals surface area contributed by atoms with Gasteiger partial charge in [0.1, 0.15) is 0 Å². The van der Waals surface area contributed by atoms with Gasteiger partial charge in [-0.2, -0.15) is 13.2 Å². The first-order valence-electron chi connectivity index (χ1n) is 49.4. The van der Waals surface area contributed by atoms with Crippen LogP contribution in [0.3, 0.4) is 0 Å². The molecule has 0 unspecified atom stereocenters. The Morgan fingerprint density at radius 1 is 0.153 bits per heavy atom. The fraction of sp³-hybridized carbons (Fsp3) is 0.0435. The Balaban J connectivity index is 0.000000113. The Hall–Kier alpha value is -18.0. The molecule has 0 saturated carbocycles. The lowest BCUT2D eigenvalue weighted by atomic mass is 9.86. The molecule has 0 spiro atoms. The van der Waals surface area contributed by atoms with Gasteiger partial charge in [0, 0.05) is 49.4 Å². The van der Waals surface area contributed by atoms with Crippen molar-refractivity contribution in [3.8, 4) is 117 Å². The third-order valence-electron chi connectivity index (χ3n) is 29.3. The van der Waals surface area contributed by atoms with Crippen molar-refractivity contribution < 1.29 is 13.2 Å². The number of nitrogens with zero attached hydrogens (tertiary/aromatic N) is 3. The Labute approximate surface area is 833 Å². The van der Waals surface area contributed by atoms with E-state index in [-0.39, 0.29) is 5.41 Å². The van der Waals surface area contributed by atoms with Crippen molar-refractivity contribution in [3.63, 3.8) is 0 Å². The maximum atomic E-state index is 13.2. The van der Waals surface area contributed by atoms with E-state index in [1.165, 1.54) is 203 Å². The zero-order valence-corrected chi connectivity index (χ0v) is 80.0. The maximum Gasteiger partial charge on any atom is 0.416 e. The Kier molecular flexibility index (Phi) is 21.9. The van der Waals surface area contributed by atoms with Crippen molar-refractivity contribution >= 4 is 130 Å². The van der Waals surface area contributed by atoms with Crippen LogP contribution in [-0.2, 0) is 11.6 Å². The zero-order chi connectivity index (χ0) is 96.8. The topological polar surface area (TPSA) is 14.8 Å². The molecule has 0 amide bonds. The van der Waals surface area contributed by atoms with Crippen LogP contribution >= 0.6 is 0 Å². The molecule has 684 valence electrons. The van der Waals surface area contributed by atoms with Crippen LogP contribution in [0, 0.1) is 6.92 Å². The molecule has 27 rings (SSSR count). The summed E-state index contributed by atoms with van der Waals surface area (Å²) in [7, 11) is 0. The van der Waals surface area contributed by atoms with E-state index in [0.29, 0.717) is 0 Å². The van der Waals surface area contributed by atoms with E-state index in [0.717, 1.165) is 67.7 Å². The average molecular weight is 1850 g/mol. The molecule has 144 heavy (non-hydrogen) atoms. The summed E-state index contributed by atoms with van der Waals surface area (Å²) in [5, 5.41) is 22.3. The highest BCUT2D eigenvalue weighted by atomic mass is 19.4. The summed E-state index contributed by atoms with van der Waals surface area (Å²) >= 11 is 0. The van der Waals surface area contributed by atoms with Gasteiger partial charge in [0.15, 0.2) is 0 Å². The minimum absolute atomic E-state index is 0.136. The number of aromatic nitrogens is 3. The third-order valence-corrected chi connectivity index (χ3v) is 29.3. The van der Waals surface area contributed by atoms with Crippen molar-refractivity contribution in [2.45, 2.75) is 39.3 Å².